The number of rotatable bonds is 7. The molecule has 156 valence electrons. The van der Waals surface area contributed by atoms with Crippen LogP contribution in [-0.2, 0) is 13.1 Å². The number of benzene rings is 3. The molecule has 0 heterocycles. The molecule has 0 aliphatic carbocycles. The largest absolute Gasteiger partial charge is 0.351 e. The van der Waals surface area contributed by atoms with Crippen molar-refractivity contribution in [1.29, 1.82) is 0 Å². The van der Waals surface area contributed by atoms with Gasteiger partial charge in [-0.3, -0.25) is 10.3 Å². The molecule has 0 radical (unpaired) electrons. The number of aryl methyl sites for hydroxylation is 1. The van der Waals surface area contributed by atoms with E-state index >= 15 is 0 Å². The van der Waals surface area contributed by atoms with Gasteiger partial charge < -0.3 is 5.32 Å². The molecule has 3 rings (SSSR count). The molecule has 0 spiro atoms. The summed E-state index contributed by atoms with van der Waals surface area (Å²) in [7, 11) is 0. The number of halogens is 3. The van der Waals surface area contributed by atoms with Crippen molar-refractivity contribution < 1.29 is 0 Å². The normalized spacial score (nSPS) is 13.1. The molecule has 6 heteroatoms. The van der Waals surface area contributed by atoms with E-state index < -0.39 is 9.96 Å². The second kappa shape index (κ2) is 10.8. The van der Waals surface area contributed by atoms with Crippen LogP contribution in [-0.4, -0.2) is 15.8 Å². The first-order valence-electron chi connectivity index (χ1n) is 9.68. The Hall–Kier alpha value is -2.04. The van der Waals surface area contributed by atoms with Crippen LogP contribution in [0.3, 0.4) is 0 Å². The molecule has 3 aromatic rings. The summed E-state index contributed by atoms with van der Waals surface area (Å²) >= 11 is 18.9. The molecule has 3 aromatic carbocycles. The Bertz CT molecular complexity index is 937. The Morgan fingerprint density at radius 3 is 1.97 bits per heavy atom. The van der Waals surface area contributed by atoms with E-state index in [2.05, 4.69) is 10.6 Å². The highest BCUT2D eigenvalue weighted by molar-refractivity contribution is 6.68. The van der Waals surface area contributed by atoms with E-state index in [1.54, 1.807) is 0 Å². The first kappa shape index (κ1) is 22.6. The van der Waals surface area contributed by atoms with E-state index in [4.69, 9.17) is 39.8 Å². The lowest BCUT2D eigenvalue weighted by Gasteiger charge is -2.28. The van der Waals surface area contributed by atoms with Crippen LogP contribution in [0, 0.1) is 6.92 Å². The van der Waals surface area contributed by atoms with Crippen molar-refractivity contribution in [2.45, 2.75) is 30.0 Å². The number of hydrogen-bond acceptors (Lipinski definition) is 2. The van der Waals surface area contributed by atoms with Gasteiger partial charge in [0.1, 0.15) is 12.0 Å². The highest BCUT2D eigenvalue weighted by Gasteiger charge is 2.33. The average Bonchev–Trinajstić information content (AvgIpc) is 2.74. The molecule has 3 nitrogen and oxygen atoms in total. The maximum absolute atomic E-state index is 6.29. The lowest BCUT2D eigenvalue weighted by molar-refractivity contribution is 0.489. The first-order chi connectivity index (χ1) is 14.4. The monoisotopic (exact) mass is 459 g/mol. The van der Waals surface area contributed by atoms with Gasteiger partial charge in [-0.1, -0.05) is 125 Å². The summed E-state index contributed by atoms with van der Waals surface area (Å²) in [5.41, 5.74) is 4.29. The van der Waals surface area contributed by atoms with E-state index in [1.807, 2.05) is 91.9 Å². The zero-order chi connectivity index (χ0) is 21.4. The minimum Gasteiger partial charge on any atom is -0.351 e. The van der Waals surface area contributed by atoms with Crippen LogP contribution in [0.2, 0.25) is 0 Å². The molecule has 0 saturated carbocycles. The van der Waals surface area contributed by atoms with Crippen molar-refractivity contribution in [3.63, 3.8) is 0 Å². The molecule has 0 aliphatic heterocycles. The van der Waals surface area contributed by atoms with Gasteiger partial charge in [0, 0.05) is 12.1 Å². The molecular formula is C24H24Cl3N3. The lowest BCUT2D eigenvalue weighted by atomic mass is 10.1. The zero-order valence-corrected chi connectivity index (χ0v) is 18.9. The number of nitrogens with one attached hydrogen (secondary N) is 2. The fourth-order valence-corrected chi connectivity index (χ4v) is 3.28. The van der Waals surface area contributed by atoms with Crippen molar-refractivity contribution in [3.05, 3.63) is 107 Å². The van der Waals surface area contributed by atoms with Crippen LogP contribution in [0.4, 0.5) is 0 Å². The number of amidine groups is 1. The number of hydrogen-bond donors (Lipinski definition) is 2. The van der Waals surface area contributed by atoms with Crippen molar-refractivity contribution >= 4 is 40.6 Å². The molecule has 30 heavy (non-hydrogen) atoms. The molecule has 0 saturated heterocycles. The second-order valence-corrected chi connectivity index (χ2v) is 9.37. The fourth-order valence-electron chi connectivity index (χ4n) is 2.89. The summed E-state index contributed by atoms with van der Waals surface area (Å²) < 4.78 is -1.58. The number of alkyl halides is 3. The van der Waals surface area contributed by atoms with Crippen LogP contribution < -0.4 is 10.6 Å². The highest BCUT2D eigenvalue weighted by Crippen LogP contribution is 2.29. The molecule has 2 N–H and O–H groups in total. The van der Waals surface area contributed by atoms with E-state index in [0.717, 1.165) is 16.7 Å². The van der Waals surface area contributed by atoms with Gasteiger partial charge in [-0.15, -0.1) is 0 Å². The third kappa shape index (κ3) is 7.03. The van der Waals surface area contributed by atoms with Crippen molar-refractivity contribution in [1.82, 2.24) is 10.6 Å². The maximum Gasteiger partial charge on any atom is 0.223 e. The minimum absolute atomic E-state index is 0.516. The third-order valence-electron chi connectivity index (χ3n) is 4.55. The first-order valence-corrected chi connectivity index (χ1v) is 10.8. The Morgan fingerprint density at radius 1 is 0.833 bits per heavy atom. The summed E-state index contributed by atoms with van der Waals surface area (Å²) in [6.07, 6.45) is -0.640. The zero-order valence-electron chi connectivity index (χ0n) is 16.7. The highest BCUT2D eigenvalue weighted by atomic mass is 35.6. The topological polar surface area (TPSA) is 36.4 Å². The summed E-state index contributed by atoms with van der Waals surface area (Å²) in [5.74, 6) is 0.663. The average molecular weight is 461 g/mol. The van der Waals surface area contributed by atoms with Crippen LogP contribution in [0.5, 0.6) is 0 Å². The van der Waals surface area contributed by atoms with Crippen LogP contribution >= 0.6 is 34.8 Å². The van der Waals surface area contributed by atoms with E-state index in [-0.39, 0.29) is 0 Å². The van der Waals surface area contributed by atoms with Gasteiger partial charge in [0.05, 0.1) is 6.54 Å². The van der Waals surface area contributed by atoms with Crippen LogP contribution in [0.1, 0.15) is 22.3 Å². The molecule has 0 fully saturated rings. The summed E-state index contributed by atoms with van der Waals surface area (Å²) in [6, 6.07) is 28.1. The number of nitrogens with zero attached hydrogens (tertiary/aromatic N) is 1. The standard InChI is InChI=1S/C24H24Cl3N3/c1-18-12-14-21(15-13-18)22(28-16-19-8-4-2-5-9-19)30-23(24(25,26)27)29-17-20-10-6-3-7-11-20/h2-15,23,29H,16-17H2,1H3,(H,28,30). The Balaban J connectivity index is 1.83. The summed E-state index contributed by atoms with van der Waals surface area (Å²) in [6.45, 7) is 3.11. The fraction of sp³-hybridized carbons (Fsp3) is 0.208. The van der Waals surface area contributed by atoms with E-state index in [9.17, 15) is 0 Å². The molecular weight excluding hydrogens is 437 g/mol. The van der Waals surface area contributed by atoms with Crippen LogP contribution in [0.25, 0.3) is 0 Å². The summed E-state index contributed by atoms with van der Waals surface area (Å²) in [4.78, 5) is 4.79. The van der Waals surface area contributed by atoms with Gasteiger partial charge in [0.15, 0.2) is 0 Å². The predicted molar refractivity (Wildman–Crippen MR) is 128 cm³/mol. The number of aliphatic imine (C=N–C) groups is 1. The van der Waals surface area contributed by atoms with Gasteiger partial charge in [-0.05, 0) is 18.1 Å². The van der Waals surface area contributed by atoms with E-state index in [1.165, 1.54) is 5.56 Å². The molecule has 1 unspecified atom stereocenters. The van der Waals surface area contributed by atoms with Crippen LogP contribution in [0.15, 0.2) is 89.9 Å². The van der Waals surface area contributed by atoms with Gasteiger partial charge in [0.25, 0.3) is 0 Å². The lowest BCUT2D eigenvalue weighted by Crippen LogP contribution is -2.53. The smallest absolute Gasteiger partial charge is 0.223 e. The van der Waals surface area contributed by atoms with Gasteiger partial charge >= 0.3 is 0 Å². The van der Waals surface area contributed by atoms with E-state index in [0.29, 0.717) is 18.9 Å². The maximum atomic E-state index is 6.29. The van der Waals surface area contributed by atoms with Crippen molar-refractivity contribution in [3.8, 4) is 0 Å². The quantitative estimate of drug-likeness (QED) is 0.196. The Kier molecular flexibility index (Phi) is 8.17. The molecule has 0 amide bonds. The molecule has 0 aliphatic rings. The van der Waals surface area contributed by atoms with Crippen molar-refractivity contribution in [2.75, 3.05) is 0 Å². The molecule has 0 aromatic heterocycles. The predicted octanol–water partition coefficient (Wildman–Crippen LogP) is 6.02. The van der Waals surface area contributed by atoms with Gasteiger partial charge in [-0.25, -0.2) is 0 Å². The molecule has 1 atom stereocenters. The second-order valence-electron chi connectivity index (χ2n) is 7.00. The Labute approximate surface area is 193 Å². The minimum atomic E-state index is -1.58. The Morgan fingerprint density at radius 2 is 1.40 bits per heavy atom. The third-order valence-corrected chi connectivity index (χ3v) is 5.20. The van der Waals surface area contributed by atoms with Crippen molar-refractivity contribution in [2.24, 2.45) is 4.99 Å². The molecule has 0 bridgehead atoms. The summed E-state index contributed by atoms with van der Waals surface area (Å²) in [5, 5.41) is 6.61. The SMILES string of the molecule is Cc1ccc(C(=NCc2ccccc2)NC(NCc2ccccc2)C(Cl)(Cl)Cl)cc1. The van der Waals surface area contributed by atoms with Gasteiger partial charge in [0.2, 0.25) is 3.79 Å². The van der Waals surface area contributed by atoms with Gasteiger partial charge in [-0.2, -0.15) is 0 Å².